The highest BCUT2D eigenvalue weighted by molar-refractivity contribution is 6.04. The molecule has 3 aromatic rings. The fourth-order valence-corrected chi connectivity index (χ4v) is 4.18. The van der Waals surface area contributed by atoms with Crippen molar-refractivity contribution in [3.8, 4) is 5.69 Å². The molecule has 5 rings (SSSR count). The molecule has 1 atom stereocenters. The minimum atomic E-state index is -0.984. The molecule has 2 aliphatic heterocycles. The molecule has 0 bridgehead atoms. The first-order chi connectivity index (χ1) is 15.5. The zero-order chi connectivity index (χ0) is 22.2. The van der Waals surface area contributed by atoms with Crippen LogP contribution in [0, 0.1) is 5.82 Å². The van der Waals surface area contributed by atoms with Crippen LogP contribution in [0.1, 0.15) is 6.42 Å². The number of para-hydroxylation sites is 1. The number of hydrogen-bond donors (Lipinski definition) is 0. The van der Waals surface area contributed by atoms with Crippen LogP contribution in [-0.4, -0.2) is 63.9 Å². The maximum Gasteiger partial charge on any atom is 0.328 e. The van der Waals surface area contributed by atoms with Crippen LogP contribution in [0.5, 0.6) is 0 Å². The first-order valence-electron chi connectivity index (χ1n) is 10.4. The number of fused-ring (bicyclic) bond motifs is 1. The number of aromatic nitrogens is 2. The Hall–Kier alpha value is -3.75. The summed E-state index contributed by atoms with van der Waals surface area (Å²) in [6.07, 6.45) is 3.75. The van der Waals surface area contributed by atoms with Crippen molar-refractivity contribution in [1.29, 1.82) is 0 Å². The third-order valence-corrected chi connectivity index (χ3v) is 5.84. The van der Waals surface area contributed by atoms with E-state index in [4.69, 9.17) is 0 Å². The van der Waals surface area contributed by atoms with Gasteiger partial charge in [-0.3, -0.25) is 14.6 Å². The van der Waals surface area contributed by atoms with Crippen molar-refractivity contribution in [2.24, 2.45) is 0 Å². The molecule has 164 valence electrons. The summed E-state index contributed by atoms with van der Waals surface area (Å²) >= 11 is 0. The predicted molar refractivity (Wildman–Crippen MR) is 116 cm³/mol. The summed E-state index contributed by atoms with van der Waals surface area (Å²) in [5.74, 6) is -0.692. The van der Waals surface area contributed by atoms with Gasteiger partial charge in [-0.2, -0.15) is 5.10 Å². The van der Waals surface area contributed by atoms with Crippen LogP contribution in [-0.2, 0) is 4.79 Å². The van der Waals surface area contributed by atoms with Gasteiger partial charge in [0.05, 0.1) is 23.9 Å². The molecule has 0 saturated carbocycles. The highest BCUT2D eigenvalue weighted by Gasteiger charge is 2.30. The van der Waals surface area contributed by atoms with Gasteiger partial charge < -0.3 is 4.90 Å². The number of nitrogens with zero attached hydrogens (tertiary/aromatic N) is 5. The minimum absolute atomic E-state index is 0.0945. The van der Waals surface area contributed by atoms with E-state index >= 15 is 0 Å². The number of rotatable bonds is 4. The summed E-state index contributed by atoms with van der Waals surface area (Å²) < 4.78 is 29.1. The Morgan fingerprint density at radius 2 is 1.88 bits per heavy atom. The Morgan fingerprint density at radius 3 is 2.66 bits per heavy atom. The fourth-order valence-electron chi connectivity index (χ4n) is 4.18. The summed E-state index contributed by atoms with van der Waals surface area (Å²) in [5.41, 5.74) is 1.67. The summed E-state index contributed by atoms with van der Waals surface area (Å²) in [5, 5.41) is 5.06. The minimum Gasteiger partial charge on any atom is -0.336 e. The van der Waals surface area contributed by atoms with E-state index in [1.54, 1.807) is 35.4 Å². The van der Waals surface area contributed by atoms with Gasteiger partial charge in [-0.05, 0) is 30.7 Å². The molecule has 0 aliphatic carbocycles. The molecule has 2 aromatic carbocycles. The second-order valence-corrected chi connectivity index (χ2v) is 7.83. The van der Waals surface area contributed by atoms with Gasteiger partial charge in [0.2, 0.25) is 5.91 Å². The SMILES string of the molecule is O=C(/C=C\N1CCN(c2cccc3c2cnn3-c2ccccc2F)C1=O)N1CC[C@H](F)C1. The van der Waals surface area contributed by atoms with Gasteiger partial charge in [-0.15, -0.1) is 0 Å². The number of hydrogen-bond acceptors (Lipinski definition) is 3. The molecule has 3 heterocycles. The van der Waals surface area contributed by atoms with Gasteiger partial charge >= 0.3 is 6.03 Å². The van der Waals surface area contributed by atoms with Crippen LogP contribution in [0.2, 0.25) is 0 Å². The molecule has 2 aliphatic rings. The van der Waals surface area contributed by atoms with Crippen molar-refractivity contribution in [3.63, 3.8) is 0 Å². The number of urea groups is 1. The molecule has 2 saturated heterocycles. The summed E-state index contributed by atoms with van der Waals surface area (Å²) in [4.78, 5) is 29.7. The average molecular weight is 437 g/mol. The van der Waals surface area contributed by atoms with Crippen LogP contribution >= 0.6 is 0 Å². The van der Waals surface area contributed by atoms with Gasteiger partial charge in [-0.1, -0.05) is 18.2 Å². The Balaban J connectivity index is 1.38. The first-order valence-corrected chi connectivity index (χ1v) is 10.4. The number of halogens is 2. The van der Waals surface area contributed by atoms with E-state index in [0.717, 1.165) is 5.39 Å². The number of anilines is 1. The second kappa shape index (κ2) is 8.07. The fraction of sp³-hybridized carbons (Fsp3) is 0.261. The molecule has 1 aromatic heterocycles. The van der Waals surface area contributed by atoms with E-state index in [1.165, 1.54) is 32.8 Å². The van der Waals surface area contributed by atoms with Gasteiger partial charge in [0, 0.05) is 37.3 Å². The third-order valence-electron chi connectivity index (χ3n) is 5.84. The molecule has 3 amide bonds. The van der Waals surface area contributed by atoms with E-state index in [0.29, 0.717) is 42.9 Å². The lowest BCUT2D eigenvalue weighted by Crippen LogP contribution is -2.30. The maximum absolute atomic E-state index is 14.3. The van der Waals surface area contributed by atoms with Crippen molar-refractivity contribution in [3.05, 3.63) is 66.8 Å². The number of likely N-dealkylation sites (tertiary alicyclic amines) is 1. The number of carbonyl (C=O) groups excluding carboxylic acids is 2. The number of alkyl halides is 1. The lowest BCUT2D eigenvalue weighted by Gasteiger charge is -2.18. The normalized spacial score (nSPS) is 19.1. The quantitative estimate of drug-likeness (QED) is 0.587. The highest BCUT2D eigenvalue weighted by atomic mass is 19.1. The average Bonchev–Trinajstić information content (AvgIpc) is 3.51. The zero-order valence-corrected chi connectivity index (χ0v) is 17.2. The predicted octanol–water partition coefficient (Wildman–Crippen LogP) is 3.49. The van der Waals surface area contributed by atoms with E-state index < -0.39 is 12.0 Å². The van der Waals surface area contributed by atoms with Crippen LogP contribution in [0.4, 0.5) is 19.3 Å². The largest absolute Gasteiger partial charge is 0.336 e. The van der Waals surface area contributed by atoms with Gasteiger partial charge in [-0.25, -0.2) is 18.3 Å². The van der Waals surface area contributed by atoms with Crippen LogP contribution in [0.3, 0.4) is 0 Å². The number of benzene rings is 2. The van der Waals surface area contributed by atoms with Crippen molar-refractivity contribution in [2.75, 3.05) is 31.1 Å². The second-order valence-electron chi connectivity index (χ2n) is 7.83. The van der Waals surface area contributed by atoms with Crippen molar-refractivity contribution < 1.29 is 18.4 Å². The molecular formula is C23H21F2N5O2. The molecular weight excluding hydrogens is 416 g/mol. The standard InChI is InChI=1S/C23H21F2N5O2/c24-16-8-10-28(15-16)22(31)9-11-27-12-13-29(23(27)32)19-6-3-7-20-17(19)14-26-30(20)21-5-2-1-4-18(21)25/h1-7,9,11,14,16H,8,10,12-13,15H2/b11-9-/t16-/m0/s1. The monoisotopic (exact) mass is 437 g/mol. The lowest BCUT2D eigenvalue weighted by atomic mass is 10.2. The molecule has 0 radical (unpaired) electrons. The Kier molecular flexibility index (Phi) is 5.08. The maximum atomic E-state index is 14.3. The number of amides is 3. The molecule has 32 heavy (non-hydrogen) atoms. The zero-order valence-electron chi connectivity index (χ0n) is 17.2. The van der Waals surface area contributed by atoms with Crippen LogP contribution < -0.4 is 4.90 Å². The molecule has 2 fully saturated rings. The Morgan fingerprint density at radius 1 is 1.06 bits per heavy atom. The summed E-state index contributed by atoms with van der Waals surface area (Å²) in [6.45, 7) is 1.32. The highest BCUT2D eigenvalue weighted by Crippen LogP contribution is 2.31. The summed E-state index contributed by atoms with van der Waals surface area (Å²) in [6, 6.07) is 11.5. The Labute approximate surface area is 183 Å². The first kappa shape index (κ1) is 20.2. The van der Waals surface area contributed by atoms with E-state index in [1.807, 2.05) is 12.1 Å². The van der Waals surface area contributed by atoms with Crippen molar-refractivity contribution in [1.82, 2.24) is 19.6 Å². The smallest absolute Gasteiger partial charge is 0.328 e. The van der Waals surface area contributed by atoms with Crippen molar-refractivity contribution in [2.45, 2.75) is 12.6 Å². The van der Waals surface area contributed by atoms with Crippen LogP contribution in [0.25, 0.3) is 16.6 Å². The third kappa shape index (κ3) is 3.49. The lowest BCUT2D eigenvalue weighted by molar-refractivity contribution is -0.125. The Bertz CT molecular complexity index is 1220. The molecule has 9 heteroatoms. The molecule has 0 N–H and O–H groups in total. The topological polar surface area (TPSA) is 61.7 Å². The molecule has 0 spiro atoms. The molecule has 7 nitrogen and oxygen atoms in total. The van der Waals surface area contributed by atoms with Crippen molar-refractivity contribution >= 4 is 28.5 Å². The van der Waals surface area contributed by atoms with Gasteiger partial charge in [0.25, 0.3) is 0 Å². The van der Waals surface area contributed by atoms with Crippen LogP contribution in [0.15, 0.2) is 60.9 Å². The van der Waals surface area contributed by atoms with E-state index in [2.05, 4.69) is 5.10 Å². The van der Waals surface area contributed by atoms with E-state index in [-0.39, 0.29) is 18.5 Å². The van der Waals surface area contributed by atoms with Gasteiger partial charge in [0.1, 0.15) is 17.7 Å². The van der Waals surface area contributed by atoms with Gasteiger partial charge in [0.15, 0.2) is 0 Å². The van der Waals surface area contributed by atoms with E-state index in [9.17, 15) is 18.4 Å². The summed E-state index contributed by atoms with van der Waals surface area (Å²) in [7, 11) is 0. The molecule has 0 unspecified atom stereocenters. The number of carbonyl (C=O) groups is 2.